The average Bonchev–Trinajstić information content (AvgIpc) is 2.71. The van der Waals surface area contributed by atoms with Crippen LogP contribution in [0.3, 0.4) is 0 Å². The van der Waals surface area contributed by atoms with Crippen molar-refractivity contribution < 1.29 is 19.6 Å². The minimum Gasteiger partial charge on any atom is -0.354 e. The molecule has 8 heteroatoms. The van der Waals surface area contributed by atoms with Gasteiger partial charge in [-0.3, -0.25) is 19.6 Å². The van der Waals surface area contributed by atoms with E-state index in [4.69, 9.17) is 5.73 Å². The molecule has 2 atom stereocenters. The maximum atomic E-state index is 12.8. The van der Waals surface area contributed by atoms with Gasteiger partial charge in [0.2, 0.25) is 18.2 Å². The molecule has 8 nitrogen and oxygen atoms in total. The van der Waals surface area contributed by atoms with Gasteiger partial charge >= 0.3 is 0 Å². The first-order valence-electron chi connectivity index (χ1n) is 11.2. The lowest BCUT2D eigenvalue weighted by Gasteiger charge is -2.24. The first-order valence-corrected chi connectivity index (χ1v) is 11.2. The topological polar surface area (TPSA) is 125 Å². The van der Waals surface area contributed by atoms with E-state index in [1.165, 1.54) is 0 Å². The number of amides is 3. The third kappa shape index (κ3) is 14.0. The fraction of sp³-hybridized carbons (Fsp3) is 0.857. The quantitative estimate of drug-likeness (QED) is 0.112. The normalized spacial score (nSPS) is 12.8. The Bertz CT molecular complexity index is 448. The molecule has 0 aromatic carbocycles. The largest absolute Gasteiger partial charge is 0.354 e. The average molecular weight is 415 g/mol. The Morgan fingerprint density at radius 3 is 2.24 bits per heavy atom. The number of carbonyl (C=O) groups is 3. The molecule has 29 heavy (non-hydrogen) atoms. The van der Waals surface area contributed by atoms with Gasteiger partial charge in [0.25, 0.3) is 0 Å². The Kier molecular flexibility index (Phi) is 17.3. The molecule has 0 heterocycles. The third-order valence-corrected chi connectivity index (χ3v) is 4.97. The lowest BCUT2D eigenvalue weighted by Crippen LogP contribution is -2.50. The number of nitrogens with zero attached hydrogens (tertiary/aromatic N) is 1. The molecule has 0 aromatic heterocycles. The molecule has 3 amide bonds. The van der Waals surface area contributed by atoms with E-state index in [2.05, 4.69) is 24.5 Å². The second-order valence-electron chi connectivity index (χ2n) is 7.62. The number of hydroxylamine groups is 2. The van der Waals surface area contributed by atoms with Gasteiger partial charge in [-0.05, 0) is 38.6 Å². The van der Waals surface area contributed by atoms with E-state index >= 15 is 0 Å². The predicted molar refractivity (Wildman–Crippen MR) is 114 cm³/mol. The number of nitrogens with one attached hydrogen (secondary N) is 2. The summed E-state index contributed by atoms with van der Waals surface area (Å²) >= 11 is 0. The summed E-state index contributed by atoms with van der Waals surface area (Å²) in [6.07, 6.45) is 9.94. The first-order chi connectivity index (χ1) is 14.0. The van der Waals surface area contributed by atoms with E-state index < -0.39 is 12.0 Å². The number of unbranched alkanes of at least 4 members (excludes halogenated alkanes) is 6. The van der Waals surface area contributed by atoms with Crippen molar-refractivity contribution in [3.8, 4) is 0 Å². The number of nitrogens with two attached hydrogens (primary N) is 1. The van der Waals surface area contributed by atoms with Gasteiger partial charge in [-0.25, -0.2) is 5.06 Å². The van der Waals surface area contributed by atoms with E-state index in [9.17, 15) is 19.6 Å². The highest BCUT2D eigenvalue weighted by molar-refractivity contribution is 5.88. The maximum Gasteiger partial charge on any atom is 0.242 e. The number of hydrogen-bond donors (Lipinski definition) is 4. The summed E-state index contributed by atoms with van der Waals surface area (Å²) in [5.41, 5.74) is 5.55. The van der Waals surface area contributed by atoms with E-state index in [0.717, 1.165) is 57.8 Å². The predicted octanol–water partition coefficient (Wildman–Crippen LogP) is 2.34. The van der Waals surface area contributed by atoms with Gasteiger partial charge in [0.1, 0.15) is 6.04 Å². The van der Waals surface area contributed by atoms with Crippen LogP contribution < -0.4 is 16.4 Å². The molecule has 0 aliphatic carbocycles. The van der Waals surface area contributed by atoms with E-state index in [0.29, 0.717) is 37.4 Å². The Labute approximate surface area is 175 Å². The van der Waals surface area contributed by atoms with Gasteiger partial charge in [0.05, 0.1) is 12.5 Å². The molecular formula is C21H42N4O4. The van der Waals surface area contributed by atoms with Crippen LogP contribution in [0.25, 0.3) is 0 Å². The van der Waals surface area contributed by atoms with Crippen LogP contribution in [0.4, 0.5) is 0 Å². The van der Waals surface area contributed by atoms with Gasteiger partial charge in [-0.2, -0.15) is 0 Å². The van der Waals surface area contributed by atoms with E-state index in [-0.39, 0.29) is 18.4 Å². The third-order valence-electron chi connectivity index (χ3n) is 4.97. The highest BCUT2D eigenvalue weighted by Crippen LogP contribution is 2.13. The Balaban J connectivity index is 4.86. The molecule has 0 spiro atoms. The lowest BCUT2D eigenvalue weighted by molar-refractivity contribution is -0.155. The summed E-state index contributed by atoms with van der Waals surface area (Å²) in [6, 6.07) is -0.628. The molecule has 5 N–H and O–H groups in total. The molecule has 0 rings (SSSR count). The Morgan fingerprint density at radius 2 is 1.62 bits per heavy atom. The summed E-state index contributed by atoms with van der Waals surface area (Å²) in [4.78, 5) is 36.1. The zero-order chi connectivity index (χ0) is 21.9. The van der Waals surface area contributed by atoms with Crippen LogP contribution in [0, 0.1) is 5.92 Å². The van der Waals surface area contributed by atoms with Crippen LogP contribution in [0.1, 0.15) is 84.5 Å². The van der Waals surface area contributed by atoms with Gasteiger partial charge in [-0.15, -0.1) is 0 Å². The molecule has 0 aliphatic heterocycles. The van der Waals surface area contributed by atoms with Crippen LogP contribution in [-0.2, 0) is 14.4 Å². The summed E-state index contributed by atoms with van der Waals surface area (Å²) in [7, 11) is 0. The molecule has 170 valence electrons. The second-order valence-corrected chi connectivity index (χ2v) is 7.62. The number of hydrogen-bond acceptors (Lipinski definition) is 5. The maximum absolute atomic E-state index is 12.8. The minimum absolute atomic E-state index is 0.0762. The molecule has 0 bridgehead atoms. The molecular weight excluding hydrogens is 372 g/mol. The van der Waals surface area contributed by atoms with Crippen molar-refractivity contribution in [3.63, 3.8) is 0 Å². The van der Waals surface area contributed by atoms with Crippen LogP contribution in [0.2, 0.25) is 0 Å². The smallest absolute Gasteiger partial charge is 0.242 e. The standard InChI is InChI=1S/C21H42N4O4/c1-3-5-7-11-15-23-21(28)19(13-9-10-14-22)24-20(27)18(12-8-6-4-2)16-25(29)17-26/h17-19,29H,3-16,22H2,1-2H3,(H,23,28)(H,24,27)/t18-,19-/m0/s1. The lowest BCUT2D eigenvalue weighted by atomic mass is 9.99. The van der Waals surface area contributed by atoms with Crippen molar-refractivity contribution >= 4 is 18.2 Å². The molecule has 0 radical (unpaired) electrons. The summed E-state index contributed by atoms with van der Waals surface area (Å²) in [6.45, 7) is 5.26. The molecule has 0 saturated heterocycles. The van der Waals surface area contributed by atoms with Gasteiger partial charge in [0, 0.05) is 6.54 Å². The van der Waals surface area contributed by atoms with Crippen LogP contribution in [-0.4, -0.2) is 54.2 Å². The summed E-state index contributed by atoms with van der Waals surface area (Å²) < 4.78 is 0. The molecule has 0 aromatic rings. The van der Waals surface area contributed by atoms with Crippen LogP contribution in [0.5, 0.6) is 0 Å². The van der Waals surface area contributed by atoms with Gasteiger partial charge in [0.15, 0.2) is 0 Å². The fourth-order valence-corrected chi connectivity index (χ4v) is 3.15. The van der Waals surface area contributed by atoms with Crippen LogP contribution in [0.15, 0.2) is 0 Å². The van der Waals surface area contributed by atoms with Gasteiger partial charge in [-0.1, -0.05) is 52.4 Å². The van der Waals surface area contributed by atoms with E-state index in [1.807, 2.05) is 0 Å². The molecule has 0 saturated carbocycles. The van der Waals surface area contributed by atoms with Gasteiger partial charge < -0.3 is 16.4 Å². The van der Waals surface area contributed by atoms with Crippen molar-refractivity contribution in [2.45, 2.75) is 90.5 Å². The highest BCUT2D eigenvalue weighted by Gasteiger charge is 2.26. The van der Waals surface area contributed by atoms with E-state index in [1.54, 1.807) is 0 Å². The SMILES string of the molecule is CCCCCCNC(=O)[C@H](CCCCN)NC(=O)[C@@H](CCCCC)CN(O)C=O. The fourth-order valence-electron chi connectivity index (χ4n) is 3.15. The first kappa shape index (κ1) is 27.3. The number of carbonyl (C=O) groups excluding carboxylic acids is 3. The number of rotatable bonds is 19. The zero-order valence-electron chi connectivity index (χ0n) is 18.3. The second kappa shape index (κ2) is 18.4. The van der Waals surface area contributed by atoms with Crippen molar-refractivity contribution in [1.29, 1.82) is 0 Å². The Morgan fingerprint density at radius 1 is 0.966 bits per heavy atom. The molecule has 0 fully saturated rings. The van der Waals surface area contributed by atoms with Crippen molar-refractivity contribution in [1.82, 2.24) is 15.7 Å². The summed E-state index contributed by atoms with van der Waals surface area (Å²) in [5.74, 6) is -1.04. The monoisotopic (exact) mass is 414 g/mol. The van der Waals surface area contributed by atoms with Crippen molar-refractivity contribution in [2.24, 2.45) is 11.7 Å². The molecule has 0 aliphatic rings. The van der Waals surface area contributed by atoms with Crippen LogP contribution >= 0.6 is 0 Å². The molecule has 0 unspecified atom stereocenters. The summed E-state index contributed by atoms with van der Waals surface area (Å²) in [5, 5.41) is 15.8. The Hall–Kier alpha value is -1.67. The van der Waals surface area contributed by atoms with Crippen molar-refractivity contribution in [2.75, 3.05) is 19.6 Å². The zero-order valence-corrected chi connectivity index (χ0v) is 18.3. The van der Waals surface area contributed by atoms with Crippen molar-refractivity contribution in [3.05, 3.63) is 0 Å². The minimum atomic E-state index is -0.628. The highest BCUT2D eigenvalue weighted by atomic mass is 16.5.